The number of carbonyl (C=O) groups is 11. The van der Waals surface area contributed by atoms with E-state index in [2.05, 4.69) is 10.0 Å². The third-order valence-corrected chi connectivity index (χ3v) is 30.4. The summed E-state index contributed by atoms with van der Waals surface area (Å²) < 4.78 is 65.1. The second-order valence-electron chi connectivity index (χ2n) is 41.4. The molecule has 8 rings (SSSR count). The molecule has 0 aromatic carbocycles. The smallest absolute Gasteiger partial charge is 0.329 e. The Balaban J connectivity index is 0.000000384. The maximum Gasteiger partial charge on any atom is 0.329 e. The van der Waals surface area contributed by atoms with Crippen LogP contribution in [0.15, 0.2) is 100 Å². The van der Waals surface area contributed by atoms with Crippen molar-refractivity contribution in [1.82, 2.24) is 9.80 Å². The summed E-state index contributed by atoms with van der Waals surface area (Å²) in [5.41, 5.74) is 11.0. The van der Waals surface area contributed by atoms with Crippen LogP contribution in [0.1, 0.15) is 277 Å². The van der Waals surface area contributed by atoms with Crippen LogP contribution < -0.4 is 0 Å². The number of unbranched alkanes of at least 4 members (excludes halogenated alkanes) is 2. The second-order valence-corrected chi connectivity index (χ2v) is 41.4. The number of allylic oxidation sites excluding steroid dienone is 12. The predicted octanol–water partition coefficient (Wildman–Crippen LogP) is 14.8. The number of ketones is 6. The molecule has 786 valence electrons. The molecular formula is C108H167N5O27. The number of fused-ring (bicyclic) bond motifs is 6. The number of piperidine rings is 2. The molecule has 2 amide bonds. The highest BCUT2D eigenvalue weighted by Gasteiger charge is 2.56. The van der Waals surface area contributed by atoms with Gasteiger partial charge in [-0.1, -0.05) is 154 Å². The fraction of sp³-hybridized carbons (Fsp3) is 0.750. The number of methoxy groups -OCH3 is 6. The van der Waals surface area contributed by atoms with E-state index in [0.29, 0.717) is 153 Å². The Bertz CT molecular complexity index is 4400. The SMILES string of the molecule is CO[C@H]1C[C@@H]2CC[C@@H](C)[C@@](O)(O2)C(=O)C(=O)N2CCCC[C@H]2C(=O)O[C@H]([C@H](C)C[C@H]2CC[C@@H](O)[C@H](OC)C2)CC(=O)[C@H](C)/C=C(\C)[C@H](O)[C@@H](OC)C(=O)[C@H](C)C[C@H](C)/C=C/C=C/C=C/1C.CO[C@H]1C[C@@H]2CC[C@@H](C)[C@@](O)(O2)C(=O)C(=O)N2CCCC[C@H]2C(=O)O[C@H]([C@H](C)C[C@H]2CC[C@@H](OC(=O)CCCCCN=[N+]=[N-])[C@H](OC)C2)CC(=O)[C@H](C)/C=C(\C)[C@@H](O)[C@@H](OC)C(=O)[C@H](C)C[C@H](C)/C=C/C=C/C=C/1C. The highest BCUT2D eigenvalue weighted by atomic mass is 16.6. The summed E-state index contributed by atoms with van der Waals surface area (Å²) in [6.07, 6.45) is 24.1. The van der Waals surface area contributed by atoms with E-state index < -0.39 is 180 Å². The van der Waals surface area contributed by atoms with Gasteiger partial charge in [-0.05, 0) is 232 Å². The first-order chi connectivity index (χ1) is 66.4. The molecule has 0 aromatic rings. The van der Waals surface area contributed by atoms with Gasteiger partial charge in [0, 0.05) is 135 Å². The molecule has 0 unspecified atom stereocenters. The number of cyclic esters (lactones) is 2. The minimum atomic E-state index is -2.46. The minimum Gasteiger partial charge on any atom is -0.460 e. The summed E-state index contributed by atoms with van der Waals surface area (Å²) in [6, 6.07) is -2.32. The van der Waals surface area contributed by atoms with Gasteiger partial charge < -0.3 is 87.4 Å². The largest absolute Gasteiger partial charge is 0.460 e. The number of azide groups is 1. The lowest BCUT2D eigenvalue weighted by atomic mass is 9.78. The summed E-state index contributed by atoms with van der Waals surface area (Å²) in [5.74, 6) is -16.6. The quantitative estimate of drug-likeness (QED) is 0.0117. The van der Waals surface area contributed by atoms with Crippen LogP contribution in [0, 0.1) is 71.0 Å². The van der Waals surface area contributed by atoms with Crippen molar-refractivity contribution in [3.63, 3.8) is 0 Å². The molecule has 6 heterocycles. The predicted molar refractivity (Wildman–Crippen MR) is 527 cm³/mol. The third kappa shape index (κ3) is 34.1. The maximum absolute atomic E-state index is 14.6. The van der Waals surface area contributed by atoms with Gasteiger partial charge in [0.25, 0.3) is 23.4 Å². The highest BCUT2D eigenvalue weighted by molar-refractivity contribution is 6.39. The Labute approximate surface area is 830 Å². The zero-order chi connectivity index (χ0) is 104. The number of amides is 2. The summed E-state index contributed by atoms with van der Waals surface area (Å²) in [6.45, 7) is 25.8. The van der Waals surface area contributed by atoms with Crippen molar-refractivity contribution < 1.29 is 130 Å². The van der Waals surface area contributed by atoms with Gasteiger partial charge in [0.2, 0.25) is 11.6 Å². The van der Waals surface area contributed by atoms with Crippen molar-refractivity contribution in [2.75, 3.05) is 62.3 Å². The lowest BCUT2D eigenvalue weighted by Crippen LogP contribution is -2.61. The molecule has 32 heteroatoms. The lowest BCUT2D eigenvalue weighted by molar-refractivity contribution is -0.265. The summed E-state index contributed by atoms with van der Waals surface area (Å²) in [4.78, 5) is 160. The number of nitrogens with zero attached hydrogens (tertiary/aromatic N) is 5. The zero-order valence-electron chi connectivity index (χ0n) is 87.0. The fourth-order valence-electron chi connectivity index (χ4n) is 21.3. The molecule has 30 atom stereocenters. The number of carbonyl (C=O) groups excluding carboxylic acids is 11. The van der Waals surface area contributed by atoms with Gasteiger partial charge >= 0.3 is 17.9 Å². The average Bonchev–Trinajstić information content (AvgIpc) is 0.772. The van der Waals surface area contributed by atoms with Gasteiger partial charge in [0.15, 0.2) is 11.6 Å². The molecule has 4 saturated heterocycles. The van der Waals surface area contributed by atoms with E-state index >= 15 is 0 Å². The van der Waals surface area contributed by atoms with Crippen LogP contribution in [-0.2, 0) is 105 Å². The topological polar surface area (TPSA) is 446 Å². The minimum absolute atomic E-state index is 0.000255. The van der Waals surface area contributed by atoms with E-state index in [-0.39, 0.29) is 110 Å². The average molecular weight is 1970 g/mol. The Morgan fingerprint density at radius 1 is 0.486 bits per heavy atom. The van der Waals surface area contributed by atoms with Gasteiger partial charge in [-0.25, -0.2) is 9.59 Å². The van der Waals surface area contributed by atoms with Crippen LogP contribution in [0.25, 0.3) is 10.4 Å². The number of esters is 3. The first kappa shape index (κ1) is 119. The first-order valence-electron chi connectivity index (χ1n) is 51.3. The standard InChI is InChI=1S/C57H88N4O14.C51H79NO13/c1-35-19-13-11-14-20-36(2)47(70-8)33-43-25-23-41(7)57(69,75-43)54(66)55(67)61-28-18-16-21-44(61)56(68)74-48(34-45(62)37(3)30-40(6)52(65)53(72-10)51(64)39(5)29-35)38(4)31-42-24-26-46(49(32-42)71-9)73-50(63)22-15-12-17-27-59-60-58;1-30-16-12-11-13-17-31(2)42(61-8)28-38-21-19-36(7)51(60,65-38)48(57)49(58)52-23-15-14-18-39(52)50(59)64-43(33(4)26-37-20-22-40(53)44(27-37)62-9)29-41(54)32(3)25-35(6)46(56)47(63-10)45(55)34(5)24-30/h11,13-14,19-20,30,35,37-39,41-44,46-49,52-53,65,69H,12,15-18,21-29,31-34H2,1-10H3;11-13,16-17,25,30,32-34,36-40,42-44,46-47,53,56,60H,14-15,18-24,26-29H2,1-10H3/b14-11+,19-13+,36-20+,40-30+;13-11+,16-12+,31-17+,35-25+/t35-,37-,38-,39-,41-,42-,43+,44+,46-,47+,48+,49-,52-,53+,57-;30-,32-,33-,34-,36-,37-,38+,39+,40-,42+,43+,44-,46+,47+,51-/m11/s1. The van der Waals surface area contributed by atoms with Crippen LogP contribution >= 0.6 is 0 Å². The van der Waals surface area contributed by atoms with Gasteiger partial charge in [-0.15, -0.1) is 0 Å². The van der Waals surface area contributed by atoms with Crippen molar-refractivity contribution in [2.45, 2.75) is 386 Å². The maximum atomic E-state index is 14.6. The third-order valence-electron chi connectivity index (χ3n) is 30.4. The van der Waals surface area contributed by atoms with Crippen LogP contribution in [0.3, 0.4) is 0 Å². The van der Waals surface area contributed by atoms with Crippen molar-refractivity contribution in [2.24, 2.45) is 76.1 Å². The van der Waals surface area contributed by atoms with Crippen molar-refractivity contribution in [1.29, 1.82) is 0 Å². The van der Waals surface area contributed by atoms with Crippen molar-refractivity contribution in [3.8, 4) is 0 Å². The number of ether oxygens (including phenoxy) is 11. The monoisotopic (exact) mass is 1970 g/mol. The van der Waals surface area contributed by atoms with Gasteiger partial charge in [-0.2, -0.15) is 0 Å². The van der Waals surface area contributed by atoms with E-state index in [9.17, 15) is 78.3 Å². The fourth-order valence-corrected chi connectivity index (χ4v) is 21.3. The Kier molecular flexibility index (Phi) is 49.6. The zero-order valence-corrected chi connectivity index (χ0v) is 87.0. The molecule has 0 spiro atoms. The number of aliphatic hydroxyl groups excluding tert-OH is 3. The highest BCUT2D eigenvalue weighted by Crippen LogP contribution is 2.43. The normalized spacial score (nSPS) is 38.2. The molecule has 2 aliphatic carbocycles. The van der Waals surface area contributed by atoms with Crippen LogP contribution in [0.5, 0.6) is 0 Å². The molecule has 32 nitrogen and oxygen atoms in total. The summed E-state index contributed by atoms with van der Waals surface area (Å²) >= 11 is 0. The van der Waals surface area contributed by atoms with Crippen LogP contribution in [-0.4, -0.2) is 271 Å². The number of aliphatic hydroxyl groups is 5. The molecule has 4 bridgehead atoms. The number of hydrogen-bond donors (Lipinski definition) is 5. The van der Waals surface area contributed by atoms with Crippen molar-refractivity contribution in [3.05, 3.63) is 106 Å². The van der Waals surface area contributed by atoms with Gasteiger partial charge in [-0.3, -0.25) is 43.2 Å². The van der Waals surface area contributed by atoms with E-state index in [1.807, 2.05) is 109 Å². The second kappa shape index (κ2) is 58.3. The Morgan fingerprint density at radius 2 is 0.907 bits per heavy atom. The number of hydrogen-bond acceptors (Lipinski definition) is 28. The molecule has 6 aliphatic heterocycles. The molecule has 0 radical (unpaired) electrons. The molecule has 8 aliphatic rings. The van der Waals surface area contributed by atoms with Gasteiger partial charge in [0.05, 0.1) is 42.7 Å². The lowest BCUT2D eigenvalue weighted by Gasteiger charge is -2.42. The molecule has 2 saturated carbocycles. The van der Waals surface area contributed by atoms with Crippen molar-refractivity contribution >= 4 is 64.4 Å². The van der Waals surface area contributed by atoms with E-state index in [4.69, 9.17) is 57.6 Å². The summed E-state index contributed by atoms with van der Waals surface area (Å²) in [5, 5.41) is 60.9. The van der Waals surface area contributed by atoms with Crippen LogP contribution in [0.2, 0.25) is 0 Å². The molecule has 6 fully saturated rings. The molecule has 5 N–H and O–H groups in total. The Morgan fingerprint density at radius 3 is 1.31 bits per heavy atom. The molecular weight excluding hydrogens is 1800 g/mol. The van der Waals surface area contributed by atoms with Crippen LogP contribution in [0.4, 0.5) is 0 Å². The molecule has 0 aromatic heterocycles. The molecule has 140 heavy (non-hydrogen) atoms. The number of rotatable bonds is 19. The van der Waals surface area contributed by atoms with E-state index in [1.54, 1.807) is 89.1 Å². The Hall–Kier alpha value is -7.92. The van der Waals surface area contributed by atoms with E-state index in [1.165, 1.54) is 24.0 Å². The summed E-state index contributed by atoms with van der Waals surface area (Å²) in [7, 11) is 9.03. The number of Topliss-reactive ketones (excluding diaryl/α,β-unsaturated/α-hetero) is 6. The van der Waals surface area contributed by atoms with E-state index in [0.717, 1.165) is 24.0 Å². The first-order valence-corrected chi connectivity index (χ1v) is 51.3. The van der Waals surface area contributed by atoms with Gasteiger partial charge in [0.1, 0.15) is 66.4 Å².